The van der Waals surface area contributed by atoms with E-state index in [9.17, 15) is 4.79 Å². The van der Waals surface area contributed by atoms with Crippen LogP contribution in [0.5, 0.6) is 0 Å². The summed E-state index contributed by atoms with van der Waals surface area (Å²) in [6.07, 6.45) is 2.74. The van der Waals surface area contributed by atoms with Gasteiger partial charge in [-0.1, -0.05) is 0 Å². The van der Waals surface area contributed by atoms with Gasteiger partial charge in [0.1, 0.15) is 12.2 Å². The van der Waals surface area contributed by atoms with Gasteiger partial charge in [-0.05, 0) is 24.6 Å². The van der Waals surface area contributed by atoms with E-state index in [1.165, 1.54) is 18.7 Å². The fourth-order valence-corrected chi connectivity index (χ4v) is 1.42. The summed E-state index contributed by atoms with van der Waals surface area (Å²) in [5.74, 6) is 0.260. The van der Waals surface area contributed by atoms with Crippen molar-refractivity contribution in [3.63, 3.8) is 0 Å². The van der Waals surface area contributed by atoms with Gasteiger partial charge in [0.25, 0.3) is 5.91 Å². The van der Waals surface area contributed by atoms with Gasteiger partial charge in [-0.2, -0.15) is 5.10 Å². The quantitative estimate of drug-likeness (QED) is 0.852. The van der Waals surface area contributed by atoms with E-state index in [0.717, 1.165) is 0 Å². The Bertz CT molecular complexity index is 479. The average molecular weight is 241 g/mol. The zero-order chi connectivity index (χ0) is 11.5. The van der Waals surface area contributed by atoms with Crippen LogP contribution in [0.3, 0.4) is 0 Å². The van der Waals surface area contributed by atoms with E-state index in [-0.39, 0.29) is 17.2 Å². The molecule has 2 aromatic heterocycles. The zero-order valence-electron chi connectivity index (χ0n) is 8.40. The molecule has 2 rings (SSSR count). The van der Waals surface area contributed by atoms with Gasteiger partial charge in [0.05, 0.1) is 17.9 Å². The second-order valence-electron chi connectivity index (χ2n) is 3.17. The molecule has 2 N–H and O–H groups in total. The molecular weight excluding hydrogens is 232 g/mol. The number of hydrogen-bond acceptors (Lipinski definition) is 4. The Hall–Kier alpha value is -1.82. The fourth-order valence-electron chi connectivity index (χ4n) is 1.22. The molecule has 0 radical (unpaired) electrons. The summed E-state index contributed by atoms with van der Waals surface area (Å²) in [4.78, 5) is 15.6. The minimum absolute atomic E-state index is 0.0715. The van der Waals surface area contributed by atoms with Gasteiger partial charge in [0.15, 0.2) is 0 Å². The number of nitrogens with zero attached hydrogens (tertiary/aromatic N) is 2. The number of carbonyl (C=O) groups excluding carboxylic acids is 1. The molecule has 0 aliphatic heterocycles. The summed E-state index contributed by atoms with van der Waals surface area (Å²) in [6, 6.07) is 1.23. The summed E-state index contributed by atoms with van der Waals surface area (Å²) >= 11 is 5.68. The largest absolute Gasteiger partial charge is 0.452 e. The predicted octanol–water partition coefficient (Wildman–Crippen LogP) is 1.54. The van der Waals surface area contributed by atoms with Crippen molar-refractivity contribution in [1.82, 2.24) is 20.5 Å². The standard InChI is InChI=1S/C9H9ClN4O2/c1-5(8-11-4-12-14-8)13-9(15)6-2-3-16-7(6)10/h2-5H,1H3,(H,13,15)(H,11,12,14). The third-order valence-electron chi connectivity index (χ3n) is 2.05. The smallest absolute Gasteiger partial charge is 0.256 e. The molecule has 0 saturated heterocycles. The van der Waals surface area contributed by atoms with Crippen LogP contribution in [-0.4, -0.2) is 21.1 Å². The van der Waals surface area contributed by atoms with Crippen LogP contribution in [0.4, 0.5) is 0 Å². The molecule has 6 nitrogen and oxygen atoms in total. The van der Waals surface area contributed by atoms with Crippen LogP contribution < -0.4 is 5.32 Å². The number of amides is 1. The third-order valence-corrected chi connectivity index (χ3v) is 2.35. The molecule has 2 aromatic rings. The van der Waals surface area contributed by atoms with Gasteiger partial charge < -0.3 is 9.73 Å². The molecule has 0 aliphatic rings. The van der Waals surface area contributed by atoms with Crippen LogP contribution >= 0.6 is 11.6 Å². The van der Waals surface area contributed by atoms with Crippen LogP contribution in [0.2, 0.25) is 5.22 Å². The van der Waals surface area contributed by atoms with Crippen molar-refractivity contribution in [1.29, 1.82) is 0 Å². The van der Waals surface area contributed by atoms with E-state index < -0.39 is 0 Å². The van der Waals surface area contributed by atoms with E-state index in [2.05, 4.69) is 20.5 Å². The lowest BCUT2D eigenvalue weighted by atomic mass is 10.2. The molecule has 16 heavy (non-hydrogen) atoms. The minimum Gasteiger partial charge on any atom is -0.452 e. The highest BCUT2D eigenvalue weighted by atomic mass is 35.5. The molecule has 1 atom stereocenters. The number of furan rings is 1. The second kappa shape index (κ2) is 4.36. The van der Waals surface area contributed by atoms with Crippen LogP contribution in [-0.2, 0) is 0 Å². The second-order valence-corrected chi connectivity index (χ2v) is 3.52. The summed E-state index contributed by atoms with van der Waals surface area (Å²) < 4.78 is 4.83. The highest BCUT2D eigenvalue weighted by Gasteiger charge is 2.17. The number of carbonyl (C=O) groups is 1. The first kappa shape index (κ1) is 10.7. The lowest BCUT2D eigenvalue weighted by Gasteiger charge is -2.09. The SMILES string of the molecule is CC(NC(=O)c1ccoc1Cl)c1ncn[nH]1. The molecule has 1 amide bonds. The first-order valence-electron chi connectivity index (χ1n) is 4.57. The third kappa shape index (κ3) is 2.06. The van der Waals surface area contributed by atoms with Crippen LogP contribution in [0.25, 0.3) is 0 Å². The van der Waals surface area contributed by atoms with Crippen molar-refractivity contribution in [3.8, 4) is 0 Å². The number of hydrogen-bond donors (Lipinski definition) is 2. The summed E-state index contributed by atoms with van der Waals surface area (Å²) in [5.41, 5.74) is 0.299. The molecule has 0 bridgehead atoms. The molecule has 84 valence electrons. The lowest BCUT2D eigenvalue weighted by molar-refractivity contribution is 0.0938. The Morgan fingerprint density at radius 1 is 1.69 bits per heavy atom. The van der Waals surface area contributed by atoms with Gasteiger partial charge in [0.2, 0.25) is 5.22 Å². The van der Waals surface area contributed by atoms with E-state index in [1.54, 1.807) is 6.92 Å². The van der Waals surface area contributed by atoms with Crippen molar-refractivity contribution in [2.45, 2.75) is 13.0 Å². The molecule has 0 saturated carbocycles. The summed E-state index contributed by atoms with van der Waals surface area (Å²) in [6.45, 7) is 1.78. The summed E-state index contributed by atoms with van der Waals surface area (Å²) in [5, 5.41) is 9.15. The number of nitrogens with one attached hydrogen (secondary N) is 2. The molecule has 2 heterocycles. The number of halogens is 1. The normalized spacial score (nSPS) is 12.4. The highest BCUT2D eigenvalue weighted by molar-refractivity contribution is 6.32. The van der Waals surface area contributed by atoms with Gasteiger partial charge >= 0.3 is 0 Å². The Kier molecular flexibility index (Phi) is 2.91. The van der Waals surface area contributed by atoms with E-state index in [4.69, 9.17) is 16.0 Å². The average Bonchev–Trinajstić information content (AvgIpc) is 2.86. The van der Waals surface area contributed by atoms with Crippen molar-refractivity contribution in [2.24, 2.45) is 0 Å². The minimum atomic E-state index is -0.317. The van der Waals surface area contributed by atoms with Gasteiger partial charge in [-0.3, -0.25) is 9.89 Å². The van der Waals surface area contributed by atoms with Crippen LogP contribution in [0.15, 0.2) is 23.1 Å². The van der Waals surface area contributed by atoms with Crippen molar-refractivity contribution in [2.75, 3.05) is 0 Å². The highest BCUT2D eigenvalue weighted by Crippen LogP contribution is 2.17. The Morgan fingerprint density at radius 2 is 2.50 bits per heavy atom. The number of rotatable bonds is 3. The Balaban J connectivity index is 2.06. The number of aromatic amines is 1. The first-order valence-corrected chi connectivity index (χ1v) is 4.95. The maximum Gasteiger partial charge on any atom is 0.256 e. The first-order chi connectivity index (χ1) is 7.68. The van der Waals surface area contributed by atoms with Crippen LogP contribution in [0, 0.1) is 0 Å². The molecule has 0 aliphatic carbocycles. The molecule has 0 spiro atoms. The molecular formula is C9H9ClN4O2. The molecule has 0 aromatic carbocycles. The van der Waals surface area contributed by atoms with Crippen LogP contribution in [0.1, 0.15) is 29.1 Å². The Labute approximate surface area is 96.0 Å². The van der Waals surface area contributed by atoms with Crippen molar-refractivity contribution >= 4 is 17.5 Å². The van der Waals surface area contributed by atoms with Gasteiger partial charge in [0, 0.05) is 0 Å². The molecule has 0 fully saturated rings. The van der Waals surface area contributed by atoms with Gasteiger partial charge in [-0.25, -0.2) is 4.98 Å². The summed E-state index contributed by atoms with van der Waals surface area (Å²) in [7, 11) is 0. The number of H-pyrrole nitrogens is 1. The molecule has 7 heteroatoms. The topological polar surface area (TPSA) is 83.8 Å². The van der Waals surface area contributed by atoms with Crippen molar-refractivity contribution in [3.05, 3.63) is 35.3 Å². The lowest BCUT2D eigenvalue weighted by Crippen LogP contribution is -2.27. The fraction of sp³-hybridized carbons (Fsp3) is 0.222. The number of aromatic nitrogens is 3. The maximum absolute atomic E-state index is 11.7. The Morgan fingerprint density at radius 3 is 3.06 bits per heavy atom. The zero-order valence-corrected chi connectivity index (χ0v) is 9.15. The van der Waals surface area contributed by atoms with Crippen molar-refractivity contribution < 1.29 is 9.21 Å². The molecule has 1 unspecified atom stereocenters. The van der Waals surface area contributed by atoms with E-state index >= 15 is 0 Å². The van der Waals surface area contributed by atoms with E-state index in [1.807, 2.05) is 0 Å². The van der Waals surface area contributed by atoms with Gasteiger partial charge in [-0.15, -0.1) is 0 Å². The predicted molar refractivity (Wildman–Crippen MR) is 56.0 cm³/mol. The van der Waals surface area contributed by atoms with E-state index in [0.29, 0.717) is 11.4 Å². The maximum atomic E-state index is 11.7. The monoisotopic (exact) mass is 240 g/mol.